The van der Waals surface area contributed by atoms with Crippen LogP contribution in [0.15, 0.2) is 47.5 Å². The van der Waals surface area contributed by atoms with E-state index >= 15 is 0 Å². The lowest BCUT2D eigenvalue weighted by atomic mass is 10.3. The van der Waals surface area contributed by atoms with Gasteiger partial charge in [-0.05, 0) is 54.2 Å². The zero-order chi connectivity index (χ0) is 17.3. The van der Waals surface area contributed by atoms with Gasteiger partial charge < -0.3 is 14.8 Å². The van der Waals surface area contributed by atoms with E-state index in [0.29, 0.717) is 22.4 Å². The number of hydrogen-bond donors (Lipinski definition) is 2. The Morgan fingerprint density at radius 1 is 1.17 bits per heavy atom. The molecule has 2 aromatic rings. The normalized spacial score (nSPS) is 16.2. The molecule has 0 radical (unpaired) electrons. The van der Waals surface area contributed by atoms with Crippen LogP contribution in [-0.2, 0) is 9.59 Å². The molecule has 2 amide bonds. The predicted molar refractivity (Wildman–Crippen MR) is 87.7 cm³/mol. The summed E-state index contributed by atoms with van der Waals surface area (Å²) in [6, 6.07) is 10.0. The van der Waals surface area contributed by atoms with Crippen molar-refractivity contribution in [1.29, 1.82) is 0 Å². The predicted octanol–water partition coefficient (Wildman–Crippen LogP) is 2.30. The highest BCUT2D eigenvalue weighted by Gasteiger charge is 2.36. The zero-order valence-corrected chi connectivity index (χ0v) is 13.1. The maximum absolute atomic E-state index is 12.2. The average molecular weight is 344 g/mol. The number of imide groups is 1. The first-order chi connectivity index (χ1) is 11.5. The molecule has 1 aliphatic rings. The number of phenolic OH excluding ortho intramolecular Hbond substituents is 1. The summed E-state index contributed by atoms with van der Waals surface area (Å²) >= 11 is 0.710. The zero-order valence-electron chi connectivity index (χ0n) is 12.2. The average Bonchev–Trinajstić information content (AvgIpc) is 3.09. The Morgan fingerprint density at radius 3 is 2.54 bits per heavy atom. The third-order valence-electron chi connectivity index (χ3n) is 3.35. The van der Waals surface area contributed by atoms with E-state index in [-0.39, 0.29) is 10.7 Å². The number of aromatic nitrogens is 1. The smallest absolute Gasteiger partial charge is 0.323 e. The molecule has 24 heavy (non-hydrogen) atoms. The second-order valence-corrected chi connectivity index (χ2v) is 5.97. The molecule has 2 heterocycles. The van der Waals surface area contributed by atoms with Crippen LogP contribution >= 0.6 is 11.8 Å². The molecule has 1 fully saturated rings. The Bertz CT molecular complexity index is 854. The van der Waals surface area contributed by atoms with Gasteiger partial charge in [-0.15, -0.1) is 0 Å². The fraction of sp³-hybridized carbons (Fsp3) is 0.0625. The molecule has 1 aliphatic heterocycles. The summed E-state index contributed by atoms with van der Waals surface area (Å²) in [6.07, 6.45) is 3.32. The molecular weight excluding hydrogens is 332 g/mol. The minimum absolute atomic E-state index is 0.141. The minimum Gasteiger partial charge on any atom is -0.508 e. The van der Waals surface area contributed by atoms with Gasteiger partial charge in [-0.1, -0.05) is 0 Å². The number of carbonyl (C=O) groups is 3. The third-order valence-corrected chi connectivity index (χ3v) is 4.26. The molecule has 1 aromatic carbocycles. The molecule has 3 rings (SSSR count). The molecule has 2 N–H and O–H groups in total. The van der Waals surface area contributed by atoms with Crippen molar-refractivity contribution in [2.75, 3.05) is 6.54 Å². The van der Waals surface area contributed by atoms with Gasteiger partial charge in [-0.3, -0.25) is 19.3 Å². The molecular formula is C16H12N2O5S. The number of benzene rings is 1. The van der Waals surface area contributed by atoms with Crippen molar-refractivity contribution in [3.8, 4) is 11.4 Å². The van der Waals surface area contributed by atoms with Gasteiger partial charge in [0.25, 0.3) is 11.1 Å². The van der Waals surface area contributed by atoms with E-state index in [1.807, 2.05) is 0 Å². The number of hydrogen-bond acceptors (Lipinski definition) is 5. The first-order valence-electron chi connectivity index (χ1n) is 6.89. The molecule has 122 valence electrons. The van der Waals surface area contributed by atoms with Gasteiger partial charge >= 0.3 is 5.97 Å². The summed E-state index contributed by atoms with van der Waals surface area (Å²) in [4.78, 5) is 35.6. The van der Waals surface area contributed by atoms with E-state index in [0.717, 1.165) is 5.69 Å². The highest BCUT2D eigenvalue weighted by molar-refractivity contribution is 8.18. The Balaban J connectivity index is 1.92. The van der Waals surface area contributed by atoms with Crippen molar-refractivity contribution in [2.24, 2.45) is 0 Å². The number of carboxylic acids is 1. The minimum atomic E-state index is -1.24. The Morgan fingerprint density at radius 2 is 1.88 bits per heavy atom. The van der Waals surface area contributed by atoms with Crippen molar-refractivity contribution in [3.05, 3.63) is 53.2 Å². The van der Waals surface area contributed by atoms with E-state index in [4.69, 9.17) is 5.11 Å². The molecule has 8 heteroatoms. The Kier molecular flexibility index (Phi) is 4.13. The highest BCUT2D eigenvalue weighted by Crippen LogP contribution is 2.32. The first kappa shape index (κ1) is 15.9. The number of amides is 2. The summed E-state index contributed by atoms with van der Waals surface area (Å²) in [6.45, 7) is -0.652. The van der Waals surface area contributed by atoms with E-state index < -0.39 is 23.7 Å². The number of aliphatic carboxylic acids is 1. The van der Waals surface area contributed by atoms with Crippen LogP contribution < -0.4 is 0 Å². The molecule has 1 aromatic heterocycles. The fourth-order valence-electron chi connectivity index (χ4n) is 2.27. The SMILES string of the molecule is O=C(O)CN1C(=O)S/C(=C\c2cccn2-c2ccc(O)cc2)C1=O. The van der Waals surface area contributed by atoms with Crippen LogP contribution in [0.2, 0.25) is 0 Å². The standard InChI is InChI=1S/C16H12N2O5S/c19-12-5-3-10(4-6-12)17-7-1-2-11(17)8-13-15(22)18(9-14(20)21)16(23)24-13/h1-8,19H,9H2,(H,20,21)/b13-8-. The van der Waals surface area contributed by atoms with Crippen molar-refractivity contribution in [1.82, 2.24) is 9.47 Å². The van der Waals surface area contributed by atoms with Crippen LogP contribution in [0.4, 0.5) is 4.79 Å². The van der Waals surface area contributed by atoms with Crippen molar-refractivity contribution >= 4 is 35.0 Å². The molecule has 0 unspecified atom stereocenters. The summed E-state index contributed by atoms with van der Waals surface area (Å²) in [5, 5.41) is 17.5. The summed E-state index contributed by atoms with van der Waals surface area (Å²) in [5.74, 6) is -1.72. The number of rotatable bonds is 4. The van der Waals surface area contributed by atoms with E-state index in [2.05, 4.69) is 0 Å². The number of phenols is 1. The van der Waals surface area contributed by atoms with Gasteiger partial charge in [0.05, 0.1) is 4.91 Å². The van der Waals surface area contributed by atoms with Crippen molar-refractivity contribution < 1.29 is 24.6 Å². The lowest BCUT2D eigenvalue weighted by Crippen LogP contribution is -2.33. The van der Waals surface area contributed by atoms with Gasteiger partial charge in [-0.2, -0.15) is 0 Å². The Labute approximate surface area is 140 Å². The van der Waals surface area contributed by atoms with Crippen LogP contribution in [0.3, 0.4) is 0 Å². The Hall–Kier alpha value is -3.00. The van der Waals surface area contributed by atoms with Gasteiger partial charge in [0, 0.05) is 17.6 Å². The number of aromatic hydroxyl groups is 1. The largest absolute Gasteiger partial charge is 0.508 e. The molecule has 0 aliphatic carbocycles. The summed E-state index contributed by atoms with van der Waals surface area (Å²) < 4.78 is 1.78. The van der Waals surface area contributed by atoms with Crippen LogP contribution in [0, 0.1) is 0 Å². The third kappa shape index (κ3) is 3.04. The number of thioether (sulfide) groups is 1. The van der Waals surface area contributed by atoms with Gasteiger partial charge in [0.15, 0.2) is 0 Å². The lowest BCUT2D eigenvalue weighted by molar-refractivity contribution is -0.140. The fourth-order valence-corrected chi connectivity index (χ4v) is 3.09. The molecule has 0 atom stereocenters. The number of nitrogens with zero attached hydrogens (tertiary/aromatic N) is 2. The number of carboxylic acid groups (broad SMARTS) is 1. The second-order valence-electron chi connectivity index (χ2n) is 4.98. The lowest BCUT2D eigenvalue weighted by Gasteiger charge is -2.08. The van der Waals surface area contributed by atoms with Gasteiger partial charge in [-0.25, -0.2) is 0 Å². The van der Waals surface area contributed by atoms with Crippen molar-refractivity contribution in [3.63, 3.8) is 0 Å². The maximum atomic E-state index is 12.2. The number of carbonyl (C=O) groups excluding carboxylic acids is 2. The quantitative estimate of drug-likeness (QED) is 0.826. The van der Waals surface area contributed by atoms with Gasteiger partial charge in [0.1, 0.15) is 12.3 Å². The van der Waals surface area contributed by atoms with Crippen LogP contribution in [0.25, 0.3) is 11.8 Å². The summed E-state index contributed by atoms with van der Waals surface area (Å²) in [7, 11) is 0. The molecule has 0 saturated carbocycles. The van der Waals surface area contributed by atoms with E-state index in [9.17, 15) is 19.5 Å². The topological polar surface area (TPSA) is 99.8 Å². The van der Waals surface area contributed by atoms with E-state index in [1.165, 1.54) is 0 Å². The van der Waals surface area contributed by atoms with E-state index in [1.54, 1.807) is 53.2 Å². The van der Waals surface area contributed by atoms with Crippen LogP contribution in [-0.4, -0.2) is 43.3 Å². The molecule has 1 saturated heterocycles. The summed E-state index contributed by atoms with van der Waals surface area (Å²) in [5.41, 5.74) is 1.43. The maximum Gasteiger partial charge on any atom is 0.323 e. The second kappa shape index (κ2) is 6.25. The molecule has 0 spiro atoms. The monoisotopic (exact) mass is 344 g/mol. The molecule has 0 bridgehead atoms. The highest BCUT2D eigenvalue weighted by atomic mass is 32.2. The first-order valence-corrected chi connectivity index (χ1v) is 7.71. The van der Waals surface area contributed by atoms with Crippen LogP contribution in [0.1, 0.15) is 5.69 Å². The van der Waals surface area contributed by atoms with Gasteiger partial charge in [0.2, 0.25) is 0 Å². The van der Waals surface area contributed by atoms with Crippen LogP contribution in [0.5, 0.6) is 5.75 Å². The van der Waals surface area contributed by atoms with Crippen molar-refractivity contribution in [2.45, 2.75) is 0 Å². The molecule has 7 nitrogen and oxygen atoms in total.